The smallest absolute Gasteiger partial charge is 0.0951 e. The predicted octanol–water partition coefficient (Wildman–Crippen LogP) is 2.44. The molecule has 18 heavy (non-hydrogen) atoms. The Balaban J connectivity index is 0.00000162. The van der Waals surface area contributed by atoms with E-state index >= 15 is 0 Å². The van der Waals surface area contributed by atoms with Crippen LogP contribution >= 0.6 is 12.4 Å². The van der Waals surface area contributed by atoms with Gasteiger partial charge in [-0.15, -0.1) is 12.4 Å². The summed E-state index contributed by atoms with van der Waals surface area (Å²) < 4.78 is 0. The van der Waals surface area contributed by atoms with Gasteiger partial charge in [0, 0.05) is 30.4 Å². The zero-order valence-electron chi connectivity index (χ0n) is 11.2. The van der Waals surface area contributed by atoms with E-state index in [-0.39, 0.29) is 12.4 Å². The first kappa shape index (κ1) is 15.4. The van der Waals surface area contributed by atoms with Crippen molar-refractivity contribution >= 4 is 12.4 Å². The lowest BCUT2D eigenvalue weighted by Crippen LogP contribution is -2.43. The summed E-state index contributed by atoms with van der Waals surface area (Å²) in [6, 6.07) is 3.91. The van der Waals surface area contributed by atoms with E-state index in [1.807, 2.05) is 18.3 Å². The van der Waals surface area contributed by atoms with Gasteiger partial charge in [-0.25, -0.2) is 0 Å². The summed E-state index contributed by atoms with van der Waals surface area (Å²) >= 11 is 0. The summed E-state index contributed by atoms with van der Waals surface area (Å²) in [5.41, 5.74) is 0.295. The standard InChI is InChI=1S/C14H22N2O.ClH/c1-16(2)11-13-6-3-4-8-14(13,17)12-7-5-9-15-10-12;/h5,7,9-10,13,17H,3-4,6,8,11H2,1-2H3;1H. The molecule has 0 amide bonds. The van der Waals surface area contributed by atoms with Crippen molar-refractivity contribution < 1.29 is 5.11 Å². The molecule has 1 aliphatic carbocycles. The molecular formula is C14H23ClN2O. The lowest BCUT2D eigenvalue weighted by Gasteiger charge is -2.41. The lowest BCUT2D eigenvalue weighted by molar-refractivity contribution is -0.0621. The average Bonchev–Trinajstić information content (AvgIpc) is 2.33. The van der Waals surface area contributed by atoms with Gasteiger partial charge >= 0.3 is 0 Å². The van der Waals surface area contributed by atoms with Crippen LogP contribution in [0.25, 0.3) is 0 Å². The monoisotopic (exact) mass is 270 g/mol. The Hall–Kier alpha value is -0.640. The molecule has 0 radical (unpaired) electrons. The van der Waals surface area contributed by atoms with Crippen molar-refractivity contribution in [2.75, 3.05) is 20.6 Å². The van der Waals surface area contributed by atoms with Crippen molar-refractivity contribution in [1.82, 2.24) is 9.88 Å². The van der Waals surface area contributed by atoms with Gasteiger partial charge in [0.05, 0.1) is 5.60 Å². The molecule has 1 aromatic rings. The van der Waals surface area contributed by atoms with Crippen molar-refractivity contribution in [1.29, 1.82) is 0 Å². The third-order valence-electron chi connectivity index (χ3n) is 3.78. The molecule has 2 unspecified atom stereocenters. The third kappa shape index (κ3) is 3.22. The van der Waals surface area contributed by atoms with Crippen LogP contribution in [0.5, 0.6) is 0 Å². The maximum absolute atomic E-state index is 11.0. The molecule has 1 fully saturated rings. The Morgan fingerprint density at radius 1 is 1.44 bits per heavy atom. The normalized spacial score (nSPS) is 27.9. The van der Waals surface area contributed by atoms with E-state index in [4.69, 9.17) is 0 Å². The lowest BCUT2D eigenvalue weighted by atomic mass is 9.71. The van der Waals surface area contributed by atoms with Gasteiger partial charge in [0.2, 0.25) is 0 Å². The summed E-state index contributed by atoms with van der Waals surface area (Å²) in [6.45, 7) is 0.936. The van der Waals surface area contributed by atoms with Crippen molar-refractivity contribution in [3.63, 3.8) is 0 Å². The molecule has 2 rings (SSSR count). The van der Waals surface area contributed by atoms with Gasteiger partial charge in [0.15, 0.2) is 0 Å². The largest absolute Gasteiger partial charge is 0.385 e. The molecule has 0 saturated heterocycles. The number of hydrogen-bond donors (Lipinski definition) is 1. The van der Waals surface area contributed by atoms with Gasteiger partial charge in [0.1, 0.15) is 0 Å². The Labute approximate surface area is 116 Å². The highest BCUT2D eigenvalue weighted by Crippen LogP contribution is 2.41. The van der Waals surface area contributed by atoms with Gasteiger partial charge < -0.3 is 10.0 Å². The molecule has 1 saturated carbocycles. The molecule has 1 heterocycles. The van der Waals surface area contributed by atoms with Gasteiger partial charge in [0.25, 0.3) is 0 Å². The first-order valence-electron chi connectivity index (χ1n) is 6.40. The van der Waals surface area contributed by atoms with Gasteiger partial charge in [-0.2, -0.15) is 0 Å². The summed E-state index contributed by atoms with van der Waals surface area (Å²) in [7, 11) is 4.14. The number of aromatic nitrogens is 1. The van der Waals surface area contributed by atoms with Crippen LogP contribution in [0.3, 0.4) is 0 Å². The molecule has 1 aliphatic rings. The van der Waals surface area contributed by atoms with Crippen molar-refractivity contribution in [2.45, 2.75) is 31.3 Å². The topological polar surface area (TPSA) is 36.4 Å². The van der Waals surface area contributed by atoms with Crippen LogP contribution in [0.2, 0.25) is 0 Å². The molecule has 0 bridgehead atoms. The molecule has 0 aromatic carbocycles. The SMILES string of the molecule is CN(C)CC1CCCCC1(O)c1cccnc1.Cl. The zero-order valence-corrected chi connectivity index (χ0v) is 12.0. The van der Waals surface area contributed by atoms with E-state index in [9.17, 15) is 5.11 Å². The minimum absolute atomic E-state index is 0. The second-order valence-corrected chi connectivity index (χ2v) is 5.37. The van der Waals surface area contributed by atoms with E-state index in [0.29, 0.717) is 5.92 Å². The van der Waals surface area contributed by atoms with Crippen molar-refractivity contribution in [3.05, 3.63) is 30.1 Å². The number of rotatable bonds is 3. The van der Waals surface area contributed by atoms with Gasteiger partial charge in [-0.05, 0) is 33.0 Å². The fourth-order valence-corrected chi connectivity index (χ4v) is 2.91. The Morgan fingerprint density at radius 2 is 2.22 bits per heavy atom. The van der Waals surface area contributed by atoms with Crippen LogP contribution in [0.4, 0.5) is 0 Å². The quantitative estimate of drug-likeness (QED) is 0.917. The van der Waals surface area contributed by atoms with Crippen LogP contribution < -0.4 is 0 Å². The summed E-state index contributed by atoms with van der Waals surface area (Å²) in [5, 5.41) is 11.0. The highest BCUT2D eigenvalue weighted by molar-refractivity contribution is 5.85. The van der Waals surface area contributed by atoms with Crippen molar-refractivity contribution in [3.8, 4) is 0 Å². The van der Waals surface area contributed by atoms with E-state index < -0.39 is 5.60 Å². The molecule has 0 aliphatic heterocycles. The summed E-state index contributed by atoms with van der Waals surface area (Å²) in [5.74, 6) is 0.315. The number of halogens is 1. The average molecular weight is 271 g/mol. The second kappa shape index (κ2) is 6.50. The predicted molar refractivity (Wildman–Crippen MR) is 75.9 cm³/mol. The fourth-order valence-electron chi connectivity index (χ4n) is 2.91. The molecule has 0 spiro atoms. The number of aliphatic hydroxyl groups is 1. The Kier molecular flexibility index (Phi) is 5.57. The highest BCUT2D eigenvalue weighted by Gasteiger charge is 2.40. The first-order valence-corrected chi connectivity index (χ1v) is 6.40. The maximum Gasteiger partial charge on any atom is 0.0951 e. The Morgan fingerprint density at radius 3 is 2.83 bits per heavy atom. The molecule has 3 nitrogen and oxygen atoms in total. The van der Waals surface area contributed by atoms with E-state index in [1.54, 1.807) is 6.20 Å². The van der Waals surface area contributed by atoms with Crippen LogP contribution in [-0.2, 0) is 5.60 Å². The van der Waals surface area contributed by atoms with Crippen LogP contribution in [0.1, 0.15) is 31.2 Å². The molecular weight excluding hydrogens is 248 g/mol. The maximum atomic E-state index is 11.0. The van der Waals surface area contributed by atoms with E-state index in [1.165, 1.54) is 6.42 Å². The van der Waals surface area contributed by atoms with Gasteiger partial charge in [-0.1, -0.05) is 18.9 Å². The molecule has 4 heteroatoms. The summed E-state index contributed by atoms with van der Waals surface area (Å²) in [6.07, 6.45) is 7.86. The Bertz CT molecular complexity index is 358. The first-order chi connectivity index (χ1) is 8.13. The number of hydrogen-bond acceptors (Lipinski definition) is 3. The molecule has 1 N–H and O–H groups in total. The minimum Gasteiger partial charge on any atom is -0.385 e. The van der Waals surface area contributed by atoms with E-state index in [0.717, 1.165) is 31.4 Å². The summed E-state index contributed by atoms with van der Waals surface area (Å²) in [4.78, 5) is 6.31. The molecule has 102 valence electrons. The van der Waals surface area contributed by atoms with E-state index in [2.05, 4.69) is 24.0 Å². The van der Waals surface area contributed by atoms with Crippen LogP contribution in [-0.4, -0.2) is 35.6 Å². The number of nitrogens with zero attached hydrogens (tertiary/aromatic N) is 2. The molecule has 2 atom stereocenters. The van der Waals surface area contributed by atoms with Crippen LogP contribution in [0, 0.1) is 5.92 Å². The molecule has 1 aromatic heterocycles. The van der Waals surface area contributed by atoms with Gasteiger partial charge in [-0.3, -0.25) is 4.98 Å². The fraction of sp³-hybridized carbons (Fsp3) is 0.643. The van der Waals surface area contributed by atoms with Crippen LogP contribution in [0.15, 0.2) is 24.5 Å². The minimum atomic E-state index is -0.684. The van der Waals surface area contributed by atoms with Crippen molar-refractivity contribution in [2.24, 2.45) is 5.92 Å². The second-order valence-electron chi connectivity index (χ2n) is 5.37. The third-order valence-corrected chi connectivity index (χ3v) is 3.78. The highest BCUT2D eigenvalue weighted by atomic mass is 35.5. The number of pyridine rings is 1. The zero-order chi connectivity index (χ0) is 12.3.